The van der Waals surface area contributed by atoms with E-state index in [0.717, 1.165) is 37.8 Å². The van der Waals surface area contributed by atoms with Gasteiger partial charge >= 0.3 is 5.97 Å². The lowest BCUT2D eigenvalue weighted by atomic mass is 9.88. The van der Waals surface area contributed by atoms with Gasteiger partial charge in [0, 0.05) is 5.56 Å². The highest BCUT2D eigenvalue weighted by atomic mass is 19.1. The molecule has 1 aliphatic rings. The zero-order valence-electron chi connectivity index (χ0n) is 12.5. The van der Waals surface area contributed by atoms with Crippen molar-refractivity contribution in [2.24, 2.45) is 0 Å². The molecule has 0 saturated carbocycles. The summed E-state index contributed by atoms with van der Waals surface area (Å²) in [6, 6.07) is 2.10. The van der Waals surface area contributed by atoms with E-state index in [-0.39, 0.29) is 11.1 Å². The smallest absolute Gasteiger partial charge is 0.328 e. The van der Waals surface area contributed by atoms with Gasteiger partial charge in [-0.05, 0) is 57.5 Å². The number of hydrogen-bond acceptors (Lipinski definition) is 2. The van der Waals surface area contributed by atoms with E-state index in [1.807, 2.05) is 0 Å². The van der Waals surface area contributed by atoms with Crippen LogP contribution in [0.25, 0.3) is 0 Å². The van der Waals surface area contributed by atoms with Crippen LogP contribution in [-0.2, 0) is 10.3 Å². The SMILES string of the molecule is Cc1cc(F)c(C(C)(C(=O)O)N2CCCCCC2)cc1F. The summed E-state index contributed by atoms with van der Waals surface area (Å²) in [5.74, 6) is -2.39. The van der Waals surface area contributed by atoms with Crippen LogP contribution in [0.15, 0.2) is 12.1 Å². The second-order valence-corrected chi connectivity index (χ2v) is 5.86. The Morgan fingerprint density at radius 3 is 2.24 bits per heavy atom. The van der Waals surface area contributed by atoms with Crippen LogP contribution in [0.3, 0.4) is 0 Å². The molecular formula is C16H21F2NO2. The van der Waals surface area contributed by atoms with E-state index in [0.29, 0.717) is 13.1 Å². The van der Waals surface area contributed by atoms with Gasteiger partial charge in [0.05, 0.1) is 0 Å². The molecule has 21 heavy (non-hydrogen) atoms. The normalized spacial score (nSPS) is 19.8. The molecule has 0 radical (unpaired) electrons. The second kappa shape index (κ2) is 6.10. The molecule has 3 nitrogen and oxygen atoms in total. The Morgan fingerprint density at radius 1 is 1.14 bits per heavy atom. The predicted octanol–water partition coefficient (Wildman–Crippen LogP) is 3.45. The van der Waals surface area contributed by atoms with Gasteiger partial charge in [-0.25, -0.2) is 13.6 Å². The molecule has 0 aliphatic carbocycles. The minimum absolute atomic E-state index is 0.0972. The first kappa shape index (κ1) is 15.9. The summed E-state index contributed by atoms with van der Waals surface area (Å²) in [4.78, 5) is 13.6. The maximum Gasteiger partial charge on any atom is 0.328 e. The number of benzene rings is 1. The Bertz CT molecular complexity index is 539. The van der Waals surface area contributed by atoms with Gasteiger partial charge in [-0.15, -0.1) is 0 Å². The van der Waals surface area contributed by atoms with Gasteiger partial charge in [0.1, 0.15) is 17.2 Å². The Balaban J connectivity index is 2.51. The van der Waals surface area contributed by atoms with E-state index in [4.69, 9.17) is 0 Å². The summed E-state index contributed by atoms with van der Waals surface area (Å²) in [5.41, 5.74) is -1.46. The number of hydrogen-bond donors (Lipinski definition) is 1. The summed E-state index contributed by atoms with van der Waals surface area (Å²) in [6.07, 6.45) is 3.82. The van der Waals surface area contributed by atoms with Crippen molar-refractivity contribution in [2.45, 2.75) is 45.1 Å². The third-order valence-corrected chi connectivity index (χ3v) is 4.43. The molecule has 1 aliphatic heterocycles. The van der Waals surface area contributed by atoms with Crippen molar-refractivity contribution >= 4 is 5.97 Å². The third-order valence-electron chi connectivity index (χ3n) is 4.43. The van der Waals surface area contributed by atoms with Crippen molar-refractivity contribution in [1.82, 2.24) is 4.90 Å². The van der Waals surface area contributed by atoms with Gasteiger partial charge in [0.2, 0.25) is 0 Å². The van der Waals surface area contributed by atoms with Gasteiger partial charge in [-0.3, -0.25) is 4.90 Å². The Labute approximate surface area is 123 Å². The number of halogens is 2. The molecule has 1 unspecified atom stereocenters. The first-order valence-electron chi connectivity index (χ1n) is 7.32. The summed E-state index contributed by atoms with van der Waals surface area (Å²) in [7, 11) is 0. The van der Waals surface area contributed by atoms with Crippen LogP contribution in [-0.4, -0.2) is 29.1 Å². The molecule has 2 rings (SSSR count). The molecule has 0 amide bonds. The fourth-order valence-corrected chi connectivity index (χ4v) is 2.96. The van der Waals surface area contributed by atoms with Crippen LogP contribution in [0, 0.1) is 18.6 Å². The molecule has 0 aromatic heterocycles. The van der Waals surface area contributed by atoms with Crippen molar-refractivity contribution in [3.05, 3.63) is 34.9 Å². The molecule has 0 spiro atoms. The minimum Gasteiger partial charge on any atom is -0.480 e. The van der Waals surface area contributed by atoms with E-state index < -0.39 is 23.1 Å². The quantitative estimate of drug-likeness (QED) is 0.929. The molecule has 5 heteroatoms. The van der Waals surface area contributed by atoms with E-state index in [1.165, 1.54) is 13.8 Å². The van der Waals surface area contributed by atoms with Crippen molar-refractivity contribution in [3.8, 4) is 0 Å². The fourth-order valence-electron chi connectivity index (χ4n) is 2.96. The van der Waals surface area contributed by atoms with Crippen LogP contribution in [0.4, 0.5) is 8.78 Å². The molecule has 1 saturated heterocycles. The summed E-state index contributed by atoms with van der Waals surface area (Å²) < 4.78 is 28.1. The molecular weight excluding hydrogens is 276 g/mol. The summed E-state index contributed by atoms with van der Waals surface area (Å²) in [5, 5.41) is 9.68. The minimum atomic E-state index is -1.54. The Morgan fingerprint density at radius 2 is 1.71 bits per heavy atom. The highest BCUT2D eigenvalue weighted by molar-refractivity contribution is 5.80. The molecule has 1 N–H and O–H groups in total. The maximum absolute atomic E-state index is 14.3. The van der Waals surface area contributed by atoms with Gasteiger partial charge < -0.3 is 5.11 Å². The molecule has 1 aromatic carbocycles. The summed E-state index contributed by atoms with van der Waals surface area (Å²) in [6.45, 7) is 4.09. The zero-order valence-corrected chi connectivity index (χ0v) is 12.5. The highest BCUT2D eigenvalue weighted by Crippen LogP contribution is 2.34. The molecule has 1 heterocycles. The fraction of sp³-hybridized carbons (Fsp3) is 0.562. The molecule has 1 aromatic rings. The average Bonchev–Trinajstić information content (AvgIpc) is 2.71. The number of aryl methyl sites for hydroxylation is 1. The molecule has 1 fully saturated rings. The van der Waals surface area contributed by atoms with Crippen molar-refractivity contribution in [1.29, 1.82) is 0 Å². The number of carboxylic acids is 1. The Kier molecular flexibility index (Phi) is 4.61. The molecule has 116 valence electrons. The lowest BCUT2D eigenvalue weighted by molar-refractivity contribution is -0.151. The van der Waals surface area contributed by atoms with E-state index >= 15 is 0 Å². The second-order valence-electron chi connectivity index (χ2n) is 5.86. The van der Waals surface area contributed by atoms with E-state index in [1.54, 1.807) is 4.90 Å². The lowest BCUT2D eigenvalue weighted by Gasteiger charge is -2.38. The standard InChI is InChI=1S/C16H21F2NO2/c1-11-9-14(18)12(10-13(11)17)16(2,15(20)21)19-7-5-3-4-6-8-19/h9-10H,3-8H2,1-2H3,(H,20,21). The highest BCUT2D eigenvalue weighted by Gasteiger charge is 2.43. The third kappa shape index (κ3) is 2.93. The number of carboxylic acid groups (broad SMARTS) is 1. The topological polar surface area (TPSA) is 40.5 Å². The molecule has 1 atom stereocenters. The van der Waals surface area contributed by atoms with Gasteiger partial charge in [-0.2, -0.15) is 0 Å². The average molecular weight is 297 g/mol. The number of likely N-dealkylation sites (tertiary alicyclic amines) is 1. The van der Waals surface area contributed by atoms with Crippen molar-refractivity contribution in [3.63, 3.8) is 0 Å². The van der Waals surface area contributed by atoms with Gasteiger partial charge in [0.25, 0.3) is 0 Å². The largest absolute Gasteiger partial charge is 0.480 e. The van der Waals surface area contributed by atoms with E-state index in [2.05, 4.69) is 0 Å². The van der Waals surface area contributed by atoms with Crippen LogP contribution >= 0.6 is 0 Å². The van der Waals surface area contributed by atoms with Crippen molar-refractivity contribution < 1.29 is 18.7 Å². The monoisotopic (exact) mass is 297 g/mol. The number of rotatable bonds is 3. The van der Waals surface area contributed by atoms with Crippen LogP contribution < -0.4 is 0 Å². The first-order valence-corrected chi connectivity index (χ1v) is 7.32. The first-order chi connectivity index (χ1) is 9.87. The Hall–Kier alpha value is -1.49. The van der Waals surface area contributed by atoms with Gasteiger partial charge in [-0.1, -0.05) is 12.8 Å². The summed E-state index contributed by atoms with van der Waals surface area (Å²) >= 11 is 0. The number of carbonyl (C=O) groups is 1. The lowest BCUT2D eigenvalue weighted by Crippen LogP contribution is -2.50. The van der Waals surface area contributed by atoms with Crippen molar-refractivity contribution in [2.75, 3.05) is 13.1 Å². The number of nitrogens with zero attached hydrogens (tertiary/aromatic N) is 1. The zero-order chi connectivity index (χ0) is 15.6. The van der Waals surface area contributed by atoms with Crippen LogP contribution in [0.1, 0.15) is 43.7 Å². The van der Waals surface area contributed by atoms with Crippen LogP contribution in [0.2, 0.25) is 0 Å². The maximum atomic E-state index is 14.3. The van der Waals surface area contributed by atoms with Gasteiger partial charge in [0.15, 0.2) is 0 Å². The van der Waals surface area contributed by atoms with Crippen LogP contribution in [0.5, 0.6) is 0 Å². The molecule has 0 bridgehead atoms. The van der Waals surface area contributed by atoms with E-state index in [9.17, 15) is 18.7 Å². The predicted molar refractivity (Wildman–Crippen MR) is 76.1 cm³/mol. The number of aliphatic carboxylic acids is 1.